The standard InChI is InChI=1S/C8H7NO2/c10-7-5-9-4-2-1-3-6(9)8(7)11/h1-4,6H,5H2. The predicted octanol–water partition coefficient (Wildman–Crippen LogP) is -0.108. The van der Waals surface area contributed by atoms with Crippen molar-refractivity contribution in [2.24, 2.45) is 0 Å². The van der Waals surface area contributed by atoms with Gasteiger partial charge < -0.3 is 4.90 Å². The van der Waals surface area contributed by atoms with Crippen molar-refractivity contribution in [3.63, 3.8) is 0 Å². The maximum absolute atomic E-state index is 11.1. The summed E-state index contributed by atoms with van der Waals surface area (Å²) < 4.78 is 0. The van der Waals surface area contributed by atoms with Crippen LogP contribution in [0, 0.1) is 0 Å². The number of hydrogen-bond acceptors (Lipinski definition) is 3. The monoisotopic (exact) mass is 149 g/mol. The van der Waals surface area contributed by atoms with Crippen LogP contribution in [0.5, 0.6) is 0 Å². The molecule has 3 nitrogen and oxygen atoms in total. The summed E-state index contributed by atoms with van der Waals surface area (Å²) in [5.74, 6) is -0.572. The van der Waals surface area contributed by atoms with Crippen LogP contribution in [0.4, 0.5) is 0 Å². The minimum absolute atomic E-state index is 0.240. The van der Waals surface area contributed by atoms with Crippen LogP contribution in [-0.4, -0.2) is 29.1 Å². The van der Waals surface area contributed by atoms with Crippen LogP contribution in [0.3, 0.4) is 0 Å². The Hall–Kier alpha value is -1.38. The SMILES string of the molecule is O=C1CN2C=CC=CC2C1=O. The number of fused-ring (bicyclic) bond motifs is 1. The minimum atomic E-state index is -0.313. The summed E-state index contributed by atoms with van der Waals surface area (Å²) in [6.45, 7) is 0.240. The van der Waals surface area contributed by atoms with Gasteiger partial charge in [0.05, 0.1) is 6.54 Å². The van der Waals surface area contributed by atoms with Gasteiger partial charge in [0.15, 0.2) is 0 Å². The van der Waals surface area contributed by atoms with E-state index in [0.29, 0.717) is 0 Å². The maximum Gasteiger partial charge on any atom is 0.226 e. The van der Waals surface area contributed by atoms with Gasteiger partial charge in [0.1, 0.15) is 6.04 Å². The summed E-state index contributed by atoms with van der Waals surface area (Å²) in [6, 6.07) is -0.313. The summed E-state index contributed by atoms with van der Waals surface area (Å²) in [7, 11) is 0. The lowest BCUT2D eigenvalue weighted by Gasteiger charge is -2.18. The summed E-state index contributed by atoms with van der Waals surface area (Å²) in [4.78, 5) is 23.7. The molecule has 0 bridgehead atoms. The van der Waals surface area contributed by atoms with Crippen molar-refractivity contribution >= 4 is 11.6 Å². The van der Waals surface area contributed by atoms with Gasteiger partial charge in [-0.3, -0.25) is 9.59 Å². The Morgan fingerprint density at radius 2 is 2.18 bits per heavy atom. The number of hydrogen-bond donors (Lipinski definition) is 0. The molecule has 1 fully saturated rings. The molecule has 0 aliphatic carbocycles. The normalized spacial score (nSPS) is 28.0. The quantitative estimate of drug-likeness (QED) is 0.451. The van der Waals surface area contributed by atoms with Crippen molar-refractivity contribution in [3.8, 4) is 0 Å². The van der Waals surface area contributed by atoms with Crippen molar-refractivity contribution in [3.05, 3.63) is 24.4 Å². The zero-order valence-electron chi connectivity index (χ0n) is 5.86. The highest BCUT2D eigenvalue weighted by Gasteiger charge is 2.36. The molecule has 0 amide bonds. The number of carbonyl (C=O) groups is 2. The second kappa shape index (κ2) is 2.05. The Morgan fingerprint density at radius 1 is 1.36 bits per heavy atom. The predicted molar refractivity (Wildman–Crippen MR) is 38.8 cm³/mol. The van der Waals surface area contributed by atoms with E-state index in [1.165, 1.54) is 0 Å². The Balaban J connectivity index is 2.34. The molecule has 0 radical (unpaired) electrons. The summed E-state index contributed by atoms with van der Waals surface area (Å²) in [5.41, 5.74) is 0. The number of Topliss-reactive ketones (excluding diaryl/α,β-unsaturated/α-hetero) is 2. The second-order valence-corrected chi connectivity index (χ2v) is 2.63. The first-order valence-electron chi connectivity index (χ1n) is 3.47. The molecule has 0 aromatic heterocycles. The topological polar surface area (TPSA) is 37.4 Å². The van der Waals surface area contributed by atoms with Gasteiger partial charge in [-0.1, -0.05) is 12.2 Å². The van der Waals surface area contributed by atoms with E-state index in [1.54, 1.807) is 23.3 Å². The van der Waals surface area contributed by atoms with Gasteiger partial charge in [-0.05, 0) is 6.08 Å². The van der Waals surface area contributed by atoms with Crippen LogP contribution in [0.1, 0.15) is 0 Å². The number of ketones is 2. The van der Waals surface area contributed by atoms with E-state index in [1.807, 2.05) is 6.08 Å². The van der Waals surface area contributed by atoms with Gasteiger partial charge in [0, 0.05) is 6.20 Å². The summed E-state index contributed by atoms with van der Waals surface area (Å²) in [5, 5.41) is 0. The van der Waals surface area contributed by atoms with Crippen molar-refractivity contribution in [2.75, 3.05) is 6.54 Å². The van der Waals surface area contributed by atoms with Crippen molar-refractivity contribution in [1.82, 2.24) is 4.90 Å². The van der Waals surface area contributed by atoms with Crippen molar-refractivity contribution in [1.29, 1.82) is 0 Å². The molecule has 3 heteroatoms. The maximum atomic E-state index is 11.1. The number of allylic oxidation sites excluding steroid dienone is 2. The number of carbonyl (C=O) groups excluding carboxylic acids is 2. The first-order valence-corrected chi connectivity index (χ1v) is 3.47. The lowest BCUT2D eigenvalue weighted by Crippen LogP contribution is -2.27. The first-order chi connectivity index (χ1) is 5.29. The summed E-state index contributed by atoms with van der Waals surface area (Å²) >= 11 is 0. The van der Waals surface area contributed by atoms with Gasteiger partial charge in [0.25, 0.3) is 0 Å². The average Bonchev–Trinajstić information content (AvgIpc) is 2.30. The number of nitrogens with zero attached hydrogens (tertiary/aromatic N) is 1. The van der Waals surface area contributed by atoms with E-state index in [9.17, 15) is 9.59 Å². The molecule has 1 saturated heterocycles. The van der Waals surface area contributed by atoms with E-state index in [0.717, 1.165) is 0 Å². The highest BCUT2D eigenvalue weighted by atomic mass is 16.2. The average molecular weight is 149 g/mol. The Labute approximate surface area is 64.0 Å². The van der Waals surface area contributed by atoms with Gasteiger partial charge in [-0.15, -0.1) is 0 Å². The highest BCUT2D eigenvalue weighted by molar-refractivity contribution is 6.42. The molecule has 0 saturated carbocycles. The Bertz CT molecular complexity index is 278. The molecule has 0 aromatic carbocycles. The van der Waals surface area contributed by atoms with Gasteiger partial charge in [0.2, 0.25) is 11.6 Å². The van der Waals surface area contributed by atoms with Crippen LogP contribution < -0.4 is 0 Å². The largest absolute Gasteiger partial charge is 0.356 e. The molecule has 1 atom stereocenters. The zero-order chi connectivity index (χ0) is 7.84. The van der Waals surface area contributed by atoms with Crippen molar-refractivity contribution < 1.29 is 9.59 Å². The summed E-state index contributed by atoms with van der Waals surface area (Å²) in [6.07, 6.45) is 7.13. The lowest BCUT2D eigenvalue weighted by molar-refractivity contribution is -0.133. The molecular formula is C8H7NO2. The molecular weight excluding hydrogens is 142 g/mol. The van der Waals surface area contributed by atoms with E-state index in [-0.39, 0.29) is 24.2 Å². The van der Waals surface area contributed by atoms with Gasteiger partial charge >= 0.3 is 0 Å². The third-order valence-corrected chi connectivity index (χ3v) is 1.91. The van der Waals surface area contributed by atoms with Crippen LogP contribution in [0.25, 0.3) is 0 Å². The first kappa shape index (κ1) is 6.34. The van der Waals surface area contributed by atoms with Crippen molar-refractivity contribution in [2.45, 2.75) is 6.04 Å². The van der Waals surface area contributed by atoms with E-state index < -0.39 is 0 Å². The van der Waals surface area contributed by atoms with Crippen LogP contribution in [-0.2, 0) is 9.59 Å². The molecule has 0 aromatic rings. The van der Waals surface area contributed by atoms with E-state index in [4.69, 9.17) is 0 Å². The number of rotatable bonds is 0. The molecule has 2 aliphatic heterocycles. The van der Waals surface area contributed by atoms with Gasteiger partial charge in [-0.2, -0.15) is 0 Å². The second-order valence-electron chi connectivity index (χ2n) is 2.63. The van der Waals surface area contributed by atoms with Gasteiger partial charge in [-0.25, -0.2) is 0 Å². The lowest BCUT2D eigenvalue weighted by atomic mass is 10.1. The third-order valence-electron chi connectivity index (χ3n) is 1.91. The smallest absolute Gasteiger partial charge is 0.226 e. The third kappa shape index (κ3) is 0.808. The molecule has 56 valence electrons. The zero-order valence-corrected chi connectivity index (χ0v) is 5.86. The highest BCUT2D eigenvalue weighted by Crippen LogP contribution is 2.15. The molecule has 2 heterocycles. The molecule has 0 N–H and O–H groups in total. The fraction of sp³-hybridized carbons (Fsp3) is 0.250. The Morgan fingerprint density at radius 3 is 2.91 bits per heavy atom. The van der Waals surface area contributed by atoms with E-state index in [2.05, 4.69) is 0 Å². The molecule has 1 unspecified atom stereocenters. The van der Waals surface area contributed by atoms with E-state index >= 15 is 0 Å². The fourth-order valence-corrected chi connectivity index (χ4v) is 1.33. The molecule has 2 aliphatic rings. The molecule has 11 heavy (non-hydrogen) atoms. The molecule has 2 rings (SSSR count). The minimum Gasteiger partial charge on any atom is -0.356 e. The van der Waals surface area contributed by atoms with Crippen LogP contribution in [0.2, 0.25) is 0 Å². The molecule has 0 spiro atoms. The fourth-order valence-electron chi connectivity index (χ4n) is 1.33. The van der Waals surface area contributed by atoms with Crippen LogP contribution in [0.15, 0.2) is 24.4 Å². The van der Waals surface area contributed by atoms with Crippen LogP contribution >= 0.6 is 0 Å². The Kier molecular flexibility index (Phi) is 1.18.